The van der Waals surface area contributed by atoms with Crippen molar-refractivity contribution in [2.75, 3.05) is 12.4 Å². The maximum Gasteiger partial charge on any atom is 0.250 e. The van der Waals surface area contributed by atoms with E-state index in [1.807, 2.05) is 47.8 Å². The highest BCUT2D eigenvalue weighted by atomic mass is 32.1. The van der Waals surface area contributed by atoms with Gasteiger partial charge in [-0.25, -0.2) is 9.37 Å². The van der Waals surface area contributed by atoms with Crippen LogP contribution in [-0.2, 0) is 11.4 Å². The molecule has 7 heteroatoms. The average Bonchev–Trinajstić information content (AvgIpc) is 3.30. The van der Waals surface area contributed by atoms with Crippen molar-refractivity contribution in [3.63, 3.8) is 0 Å². The number of carbonyl (C=O) groups is 1. The maximum atomic E-state index is 13.4. The van der Waals surface area contributed by atoms with Crippen LogP contribution in [0.25, 0.3) is 17.3 Å². The molecule has 0 saturated heterocycles. The summed E-state index contributed by atoms with van der Waals surface area (Å²) in [5.74, 6) is 0.763. The molecule has 0 bridgehead atoms. The van der Waals surface area contributed by atoms with Gasteiger partial charge in [0.2, 0.25) is 5.91 Å². The summed E-state index contributed by atoms with van der Waals surface area (Å²) in [6.07, 6.45) is 3.10. The van der Waals surface area contributed by atoms with Gasteiger partial charge >= 0.3 is 0 Å². The molecule has 1 heterocycles. The first-order chi connectivity index (χ1) is 16.1. The number of anilines is 1. The highest BCUT2D eigenvalue weighted by molar-refractivity contribution is 7.14. The van der Waals surface area contributed by atoms with Crippen LogP contribution in [-0.4, -0.2) is 18.0 Å². The number of hydrogen-bond donors (Lipinski definition) is 1. The highest BCUT2D eigenvalue weighted by Gasteiger charge is 2.08. The summed E-state index contributed by atoms with van der Waals surface area (Å²) in [4.78, 5) is 16.9. The zero-order valence-corrected chi connectivity index (χ0v) is 18.6. The van der Waals surface area contributed by atoms with Gasteiger partial charge in [-0.1, -0.05) is 30.3 Å². The van der Waals surface area contributed by atoms with E-state index < -0.39 is 0 Å². The minimum atomic E-state index is -0.307. The number of amides is 1. The van der Waals surface area contributed by atoms with Gasteiger partial charge < -0.3 is 9.47 Å². The number of rotatable bonds is 8. The fourth-order valence-corrected chi connectivity index (χ4v) is 3.80. The summed E-state index contributed by atoms with van der Waals surface area (Å²) in [6, 6.07) is 21.2. The lowest BCUT2D eigenvalue weighted by Crippen LogP contribution is -2.07. The molecule has 1 aromatic heterocycles. The highest BCUT2D eigenvalue weighted by Crippen LogP contribution is 2.27. The van der Waals surface area contributed by atoms with Crippen molar-refractivity contribution in [2.24, 2.45) is 0 Å². The van der Waals surface area contributed by atoms with Crippen LogP contribution in [0.1, 0.15) is 11.1 Å². The van der Waals surface area contributed by atoms with Crippen molar-refractivity contribution in [1.82, 2.24) is 4.98 Å². The molecular formula is C26H21FN2O3S. The molecule has 0 fully saturated rings. The predicted molar refractivity (Wildman–Crippen MR) is 129 cm³/mol. The second-order valence-electron chi connectivity index (χ2n) is 7.05. The summed E-state index contributed by atoms with van der Waals surface area (Å²) in [7, 11) is 1.62. The summed E-state index contributed by atoms with van der Waals surface area (Å²) in [5, 5.41) is 5.17. The molecule has 33 heavy (non-hydrogen) atoms. The minimum Gasteiger partial charge on any atom is -0.497 e. The van der Waals surface area contributed by atoms with Crippen LogP contribution in [0.15, 0.2) is 84.3 Å². The lowest BCUT2D eigenvalue weighted by Gasteiger charge is -2.09. The predicted octanol–water partition coefficient (Wildman–Crippen LogP) is 6.19. The van der Waals surface area contributed by atoms with Crippen LogP contribution in [0, 0.1) is 5.82 Å². The first-order valence-corrected chi connectivity index (χ1v) is 11.0. The second kappa shape index (κ2) is 10.6. The zero-order valence-electron chi connectivity index (χ0n) is 17.8. The number of halogens is 1. The molecule has 4 aromatic rings. The molecule has 0 atom stereocenters. The van der Waals surface area contributed by atoms with E-state index in [1.54, 1.807) is 31.4 Å². The van der Waals surface area contributed by atoms with Crippen molar-refractivity contribution >= 4 is 28.5 Å². The summed E-state index contributed by atoms with van der Waals surface area (Å²) in [5.41, 5.74) is 3.18. The number of nitrogens with zero attached hydrogens (tertiary/aromatic N) is 1. The Balaban J connectivity index is 1.38. The quantitative estimate of drug-likeness (QED) is 0.319. The molecule has 1 N–H and O–H groups in total. The second-order valence-corrected chi connectivity index (χ2v) is 7.90. The Morgan fingerprint density at radius 3 is 2.70 bits per heavy atom. The lowest BCUT2D eigenvalue weighted by molar-refractivity contribution is -0.111. The molecule has 0 saturated carbocycles. The standard InChI is InChI=1S/C26H21FN2O3S/c1-31-22-12-9-19(10-13-22)23-17-33-26(28-23)29-25(30)14-11-20-6-2-3-8-24(20)32-16-18-5-4-7-21(27)15-18/h2-15,17H,16H2,1H3,(H,28,29,30)/b14-11-. The van der Waals surface area contributed by atoms with Crippen molar-refractivity contribution in [3.8, 4) is 22.8 Å². The molecule has 0 spiro atoms. The number of methoxy groups -OCH3 is 1. The SMILES string of the molecule is COc1ccc(-c2csc(NC(=O)/C=C\c3ccccc3OCc3cccc(F)c3)n2)cc1. The summed E-state index contributed by atoms with van der Waals surface area (Å²) in [6.45, 7) is 0.224. The Labute approximate surface area is 195 Å². The fourth-order valence-electron chi connectivity index (χ4n) is 3.08. The number of nitrogens with one attached hydrogen (secondary N) is 1. The zero-order chi connectivity index (χ0) is 23.0. The largest absolute Gasteiger partial charge is 0.497 e. The van der Waals surface area contributed by atoms with Crippen molar-refractivity contribution in [2.45, 2.75) is 6.61 Å². The third-order valence-electron chi connectivity index (χ3n) is 4.74. The van der Waals surface area contributed by atoms with Gasteiger partial charge in [-0.2, -0.15) is 0 Å². The number of aromatic nitrogens is 1. The number of ether oxygens (including phenoxy) is 2. The summed E-state index contributed by atoms with van der Waals surface area (Å²) < 4.78 is 24.4. The summed E-state index contributed by atoms with van der Waals surface area (Å²) >= 11 is 1.35. The Bertz CT molecular complexity index is 1270. The van der Waals surface area contributed by atoms with Crippen LogP contribution in [0.4, 0.5) is 9.52 Å². The van der Waals surface area contributed by atoms with Crippen molar-refractivity contribution in [3.05, 3.63) is 101 Å². The Morgan fingerprint density at radius 2 is 1.91 bits per heavy atom. The molecule has 4 rings (SSSR count). The molecule has 0 aliphatic rings. The van der Waals surface area contributed by atoms with E-state index >= 15 is 0 Å². The number of benzene rings is 3. The lowest BCUT2D eigenvalue weighted by atomic mass is 10.2. The molecule has 0 aliphatic carbocycles. The molecule has 3 aromatic carbocycles. The van der Waals surface area contributed by atoms with Crippen molar-refractivity contribution in [1.29, 1.82) is 0 Å². The smallest absolute Gasteiger partial charge is 0.250 e. The van der Waals surface area contributed by atoms with Gasteiger partial charge in [-0.15, -0.1) is 11.3 Å². The van der Waals surface area contributed by atoms with Gasteiger partial charge in [-0.05, 0) is 54.1 Å². The van der Waals surface area contributed by atoms with Gasteiger partial charge in [-0.3, -0.25) is 10.1 Å². The van der Waals surface area contributed by atoms with Crippen LogP contribution < -0.4 is 14.8 Å². The van der Waals surface area contributed by atoms with Crippen LogP contribution in [0.5, 0.6) is 11.5 Å². The van der Waals surface area contributed by atoms with Gasteiger partial charge in [0, 0.05) is 22.6 Å². The molecule has 0 unspecified atom stereocenters. The van der Waals surface area contributed by atoms with E-state index in [4.69, 9.17) is 9.47 Å². The minimum absolute atomic E-state index is 0.224. The van der Waals surface area contributed by atoms with E-state index in [2.05, 4.69) is 10.3 Å². The number of hydrogen-bond acceptors (Lipinski definition) is 5. The molecule has 5 nitrogen and oxygen atoms in total. The Kier molecular flexibility index (Phi) is 7.12. The van der Waals surface area contributed by atoms with Gasteiger partial charge in [0.15, 0.2) is 5.13 Å². The van der Waals surface area contributed by atoms with Crippen LogP contribution in [0.2, 0.25) is 0 Å². The monoisotopic (exact) mass is 460 g/mol. The third kappa shape index (κ3) is 6.05. The van der Waals surface area contributed by atoms with E-state index in [0.29, 0.717) is 10.9 Å². The molecular weight excluding hydrogens is 439 g/mol. The first kappa shape index (κ1) is 22.2. The van der Waals surface area contributed by atoms with Gasteiger partial charge in [0.05, 0.1) is 12.8 Å². The molecule has 0 aliphatic heterocycles. The molecule has 166 valence electrons. The first-order valence-electron chi connectivity index (χ1n) is 10.2. The Morgan fingerprint density at radius 1 is 1.09 bits per heavy atom. The van der Waals surface area contributed by atoms with Gasteiger partial charge in [0.1, 0.15) is 23.9 Å². The maximum absolute atomic E-state index is 13.4. The fraction of sp³-hybridized carbons (Fsp3) is 0.0769. The topological polar surface area (TPSA) is 60.5 Å². The van der Waals surface area contributed by atoms with Crippen LogP contribution >= 0.6 is 11.3 Å². The van der Waals surface area contributed by atoms with Gasteiger partial charge in [0.25, 0.3) is 0 Å². The van der Waals surface area contributed by atoms with E-state index in [1.165, 1.54) is 29.5 Å². The van der Waals surface area contributed by atoms with Crippen LogP contribution in [0.3, 0.4) is 0 Å². The molecule has 1 amide bonds. The third-order valence-corrected chi connectivity index (χ3v) is 5.49. The van der Waals surface area contributed by atoms with E-state index in [-0.39, 0.29) is 18.3 Å². The average molecular weight is 461 g/mol. The Hall–Kier alpha value is -3.97. The van der Waals surface area contributed by atoms with E-state index in [0.717, 1.165) is 28.1 Å². The number of thiazole rings is 1. The normalized spacial score (nSPS) is 10.8. The molecule has 0 radical (unpaired) electrons. The number of para-hydroxylation sites is 1. The van der Waals surface area contributed by atoms with E-state index in [9.17, 15) is 9.18 Å². The van der Waals surface area contributed by atoms with Crippen molar-refractivity contribution < 1.29 is 18.7 Å². The number of carbonyl (C=O) groups excluding carboxylic acids is 1.